The molecular weight excluding hydrogens is 248 g/mol. The first-order valence-electron chi connectivity index (χ1n) is 7.75. The fourth-order valence-electron chi connectivity index (χ4n) is 2.66. The highest BCUT2D eigenvalue weighted by Gasteiger charge is 2.49. The second kappa shape index (κ2) is 6.89. The van der Waals surface area contributed by atoms with Crippen LogP contribution in [0.25, 0.3) is 0 Å². The number of hydrogen-bond acceptors (Lipinski definition) is 2. The van der Waals surface area contributed by atoms with Crippen molar-refractivity contribution in [3.8, 4) is 0 Å². The number of carbonyl (C=O) groups excluding carboxylic acids is 1. The summed E-state index contributed by atoms with van der Waals surface area (Å²) in [5, 5.41) is 3.16. The van der Waals surface area contributed by atoms with Gasteiger partial charge in [-0.25, -0.2) is 0 Å². The standard InChI is InChI=1S/C17H26N2O/c1-2-3-9-15(13-18)19-16(20)17(10-11-17)12-14-7-5-4-6-8-14/h4-8,15H,2-3,9-13,18H2,1H3,(H,19,20). The van der Waals surface area contributed by atoms with Gasteiger partial charge < -0.3 is 11.1 Å². The predicted octanol–water partition coefficient (Wildman–Crippen LogP) is 2.64. The summed E-state index contributed by atoms with van der Waals surface area (Å²) in [4.78, 5) is 12.5. The van der Waals surface area contributed by atoms with Crippen LogP contribution in [-0.4, -0.2) is 18.5 Å². The monoisotopic (exact) mass is 274 g/mol. The zero-order chi connectivity index (χ0) is 14.4. The van der Waals surface area contributed by atoms with Crippen molar-refractivity contribution in [2.24, 2.45) is 11.1 Å². The van der Waals surface area contributed by atoms with E-state index in [-0.39, 0.29) is 17.4 Å². The van der Waals surface area contributed by atoms with Gasteiger partial charge in [0, 0.05) is 12.6 Å². The molecule has 3 N–H and O–H groups in total. The van der Waals surface area contributed by atoms with Gasteiger partial charge in [0.2, 0.25) is 5.91 Å². The average Bonchev–Trinajstić information content (AvgIpc) is 3.25. The van der Waals surface area contributed by atoms with Crippen molar-refractivity contribution >= 4 is 5.91 Å². The van der Waals surface area contributed by atoms with Crippen molar-refractivity contribution in [3.63, 3.8) is 0 Å². The third-order valence-electron chi connectivity index (χ3n) is 4.25. The summed E-state index contributed by atoms with van der Waals surface area (Å²) >= 11 is 0. The molecule has 2 rings (SSSR count). The van der Waals surface area contributed by atoms with Crippen LogP contribution in [0.3, 0.4) is 0 Å². The van der Waals surface area contributed by atoms with Crippen LogP contribution < -0.4 is 11.1 Å². The normalized spacial score (nSPS) is 17.5. The van der Waals surface area contributed by atoms with E-state index in [0.717, 1.165) is 38.5 Å². The first kappa shape index (κ1) is 15.0. The molecule has 110 valence electrons. The lowest BCUT2D eigenvalue weighted by Gasteiger charge is -2.21. The summed E-state index contributed by atoms with van der Waals surface area (Å²) in [6, 6.07) is 10.4. The zero-order valence-corrected chi connectivity index (χ0v) is 12.4. The first-order valence-corrected chi connectivity index (χ1v) is 7.75. The number of hydrogen-bond donors (Lipinski definition) is 2. The van der Waals surface area contributed by atoms with E-state index in [2.05, 4.69) is 24.4 Å². The molecule has 0 aliphatic heterocycles. The van der Waals surface area contributed by atoms with Gasteiger partial charge >= 0.3 is 0 Å². The van der Waals surface area contributed by atoms with E-state index in [1.165, 1.54) is 5.56 Å². The average molecular weight is 274 g/mol. The number of nitrogens with two attached hydrogens (primary N) is 1. The smallest absolute Gasteiger partial charge is 0.226 e. The second-order valence-electron chi connectivity index (χ2n) is 5.99. The lowest BCUT2D eigenvalue weighted by Crippen LogP contribution is -2.44. The number of rotatable bonds is 8. The molecule has 0 bridgehead atoms. The molecule has 1 fully saturated rings. The van der Waals surface area contributed by atoms with Crippen molar-refractivity contribution in [3.05, 3.63) is 35.9 Å². The van der Waals surface area contributed by atoms with Gasteiger partial charge in [0.15, 0.2) is 0 Å². The number of amides is 1. The van der Waals surface area contributed by atoms with Gasteiger partial charge in [0.25, 0.3) is 0 Å². The van der Waals surface area contributed by atoms with Gasteiger partial charge in [-0.05, 0) is 31.2 Å². The van der Waals surface area contributed by atoms with Gasteiger partial charge in [-0.15, -0.1) is 0 Å². The van der Waals surface area contributed by atoms with Crippen molar-refractivity contribution < 1.29 is 4.79 Å². The van der Waals surface area contributed by atoms with E-state index in [4.69, 9.17) is 5.73 Å². The van der Waals surface area contributed by atoms with Crippen LogP contribution in [-0.2, 0) is 11.2 Å². The van der Waals surface area contributed by atoms with Crippen LogP contribution in [0.15, 0.2) is 30.3 Å². The molecule has 1 aromatic carbocycles. The first-order chi connectivity index (χ1) is 9.70. The molecule has 1 aromatic rings. The maximum Gasteiger partial charge on any atom is 0.226 e. The maximum atomic E-state index is 12.5. The lowest BCUT2D eigenvalue weighted by atomic mass is 9.95. The molecule has 3 nitrogen and oxygen atoms in total. The SMILES string of the molecule is CCCCC(CN)NC(=O)C1(Cc2ccccc2)CC1. The fraction of sp³-hybridized carbons (Fsp3) is 0.588. The molecule has 1 atom stereocenters. The highest BCUT2D eigenvalue weighted by atomic mass is 16.2. The van der Waals surface area contributed by atoms with Crippen molar-refractivity contribution in [2.45, 2.75) is 51.5 Å². The summed E-state index contributed by atoms with van der Waals surface area (Å²) < 4.78 is 0. The molecular formula is C17H26N2O. The Labute approximate surface area is 121 Å². The molecule has 1 saturated carbocycles. The molecule has 0 heterocycles. The quantitative estimate of drug-likeness (QED) is 0.765. The Morgan fingerprint density at radius 2 is 2.05 bits per heavy atom. The highest BCUT2D eigenvalue weighted by molar-refractivity contribution is 5.85. The Morgan fingerprint density at radius 3 is 2.60 bits per heavy atom. The Balaban J connectivity index is 1.91. The summed E-state index contributed by atoms with van der Waals surface area (Å²) in [6.45, 7) is 2.69. The van der Waals surface area contributed by atoms with Crippen LogP contribution in [0.1, 0.15) is 44.6 Å². The number of benzene rings is 1. The van der Waals surface area contributed by atoms with Gasteiger partial charge in [0.1, 0.15) is 0 Å². The molecule has 20 heavy (non-hydrogen) atoms. The predicted molar refractivity (Wildman–Crippen MR) is 82.3 cm³/mol. The summed E-state index contributed by atoms with van der Waals surface area (Å²) in [6.07, 6.45) is 6.10. The zero-order valence-electron chi connectivity index (χ0n) is 12.4. The minimum atomic E-state index is -0.166. The van der Waals surface area contributed by atoms with Crippen LogP contribution in [0, 0.1) is 5.41 Å². The number of nitrogens with one attached hydrogen (secondary N) is 1. The molecule has 1 amide bonds. The summed E-state index contributed by atoms with van der Waals surface area (Å²) in [7, 11) is 0. The molecule has 0 aromatic heterocycles. The Hall–Kier alpha value is -1.35. The third kappa shape index (κ3) is 3.83. The van der Waals surface area contributed by atoms with Crippen molar-refractivity contribution in [2.75, 3.05) is 6.54 Å². The van der Waals surface area contributed by atoms with E-state index in [1.54, 1.807) is 0 Å². The summed E-state index contributed by atoms with van der Waals surface area (Å²) in [5.41, 5.74) is 6.85. The molecule has 3 heteroatoms. The molecule has 1 aliphatic rings. The van der Waals surface area contributed by atoms with E-state index >= 15 is 0 Å². The van der Waals surface area contributed by atoms with Gasteiger partial charge in [-0.3, -0.25) is 4.79 Å². The van der Waals surface area contributed by atoms with Crippen LogP contribution in [0.4, 0.5) is 0 Å². The van der Waals surface area contributed by atoms with Gasteiger partial charge in [0.05, 0.1) is 5.41 Å². The number of carbonyl (C=O) groups is 1. The van der Waals surface area contributed by atoms with E-state index in [0.29, 0.717) is 6.54 Å². The molecule has 0 radical (unpaired) electrons. The lowest BCUT2D eigenvalue weighted by molar-refractivity contribution is -0.127. The van der Waals surface area contributed by atoms with Gasteiger partial charge in [-0.1, -0.05) is 50.1 Å². The largest absolute Gasteiger partial charge is 0.352 e. The molecule has 0 saturated heterocycles. The Bertz CT molecular complexity index is 426. The topological polar surface area (TPSA) is 55.1 Å². The Kier molecular flexibility index (Phi) is 5.18. The second-order valence-corrected chi connectivity index (χ2v) is 5.99. The summed E-state index contributed by atoms with van der Waals surface area (Å²) in [5.74, 6) is 0.202. The highest BCUT2D eigenvalue weighted by Crippen LogP contribution is 2.48. The Morgan fingerprint density at radius 1 is 1.35 bits per heavy atom. The minimum absolute atomic E-state index is 0.135. The van der Waals surface area contributed by atoms with E-state index < -0.39 is 0 Å². The minimum Gasteiger partial charge on any atom is -0.352 e. The maximum absolute atomic E-state index is 12.5. The van der Waals surface area contributed by atoms with Gasteiger partial charge in [-0.2, -0.15) is 0 Å². The van der Waals surface area contributed by atoms with Crippen molar-refractivity contribution in [1.82, 2.24) is 5.32 Å². The number of unbranched alkanes of at least 4 members (excludes halogenated alkanes) is 1. The molecule has 1 unspecified atom stereocenters. The van der Waals surface area contributed by atoms with Crippen LogP contribution in [0.2, 0.25) is 0 Å². The van der Waals surface area contributed by atoms with Crippen LogP contribution in [0.5, 0.6) is 0 Å². The molecule has 1 aliphatic carbocycles. The fourth-order valence-corrected chi connectivity index (χ4v) is 2.66. The third-order valence-corrected chi connectivity index (χ3v) is 4.25. The van der Waals surface area contributed by atoms with E-state index in [9.17, 15) is 4.79 Å². The van der Waals surface area contributed by atoms with Crippen molar-refractivity contribution in [1.29, 1.82) is 0 Å². The van der Waals surface area contributed by atoms with E-state index in [1.807, 2.05) is 18.2 Å². The van der Waals surface area contributed by atoms with Crippen LogP contribution >= 0.6 is 0 Å². The molecule has 0 spiro atoms.